The molecule has 0 radical (unpaired) electrons. The first-order valence-corrected chi connectivity index (χ1v) is 9.23. The first kappa shape index (κ1) is 14.8. The summed E-state index contributed by atoms with van der Waals surface area (Å²) < 4.78 is 7.19. The van der Waals surface area contributed by atoms with Crippen LogP contribution in [-0.2, 0) is 0 Å². The molecule has 1 saturated heterocycles. The van der Waals surface area contributed by atoms with Crippen molar-refractivity contribution in [1.29, 1.82) is 0 Å². The van der Waals surface area contributed by atoms with Crippen LogP contribution in [0.15, 0.2) is 10.7 Å². The van der Waals surface area contributed by atoms with Crippen molar-refractivity contribution in [2.24, 2.45) is 0 Å². The number of rotatable bonds is 4. The summed E-state index contributed by atoms with van der Waals surface area (Å²) >= 11 is 1.54. The minimum absolute atomic E-state index is 0.0491. The Bertz CT molecular complexity index is 909. The molecule has 1 aliphatic heterocycles. The van der Waals surface area contributed by atoms with Crippen molar-refractivity contribution in [2.45, 2.75) is 44.7 Å². The second kappa shape index (κ2) is 5.51. The van der Waals surface area contributed by atoms with E-state index < -0.39 is 0 Å². The first-order chi connectivity index (χ1) is 12.2. The third-order valence-electron chi connectivity index (χ3n) is 4.49. The fourth-order valence-corrected chi connectivity index (χ4v) is 4.11. The molecular weight excluding hydrogens is 342 g/mol. The fourth-order valence-electron chi connectivity index (χ4n) is 3.11. The Balaban J connectivity index is 1.39. The Morgan fingerprint density at radius 1 is 1.36 bits per heavy atom. The largest absolute Gasteiger partial charge is 0.346 e. The van der Waals surface area contributed by atoms with Crippen LogP contribution in [0.25, 0.3) is 4.96 Å². The number of fused-ring (bicyclic) bond motifs is 1. The lowest BCUT2D eigenvalue weighted by Crippen LogP contribution is -2.27. The lowest BCUT2D eigenvalue weighted by Gasteiger charge is -2.19. The van der Waals surface area contributed by atoms with Gasteiger partial charge in [-0.2, -0.15) is 4.98 Å². The molecule has 1 N–H and O–H groups in total. The molecule has 0 spiro atoms. The second-order valence-corrected chi connectivity index (χ2v) is 7.48. The molecule has 1 amide bonds. The predicted molar refractivity (Wildman–Crippen MR) is 89.7 cm³/mol. The Hall–Kier alpha value is -2.49. The fraction of sp³-hybridized carbons (Fsp3) is 0.533. The van der Waals surface area contributed by atoms with Crippen LogP contribution in [0, 0.1) is 6.92 Å². The number of amides is 1. The molecule has 1 atom stereocenters. The third kappa shape index (κ3) is 2.66. The summed E-state index contributed by atoms with van der Waals surface area (Å²) in [5.41, 5.74) is 0.950. The van der Waals surface area contributed by atoms with Crippen molar-refractivity contribution < 1.29 is 9.32 Å². The highest BCUT2D eigenvalue weighted by Crippen LogP contribution is 2.37. The van der Waals surface area contributed by atoms with E-state index in [9.17, 15) is 4.79 Å². The maximum atomic E-state index is 12.1. The van der Waals surface area contributed by atoms with Crippen LogP contribution >= 0.6 is 11.3 Å². The lowest BCUT2D eigenvalue weighted by atomic mass is 10.2. The Kier molecular flexibility index (Phi) is 3.27. The molecule has 2 aliphatic rings. The van der Waals surface area contributed by atoms with E-state index in [0.29, 0.717) is 5.89 Å². The van der Waals surface area contributed by atoms with Crippen LogP contribution in [0.4, 0.5) is 5.13 Å². The summed E-state index contributed by atoms with van der Waals surface area (Å²) in [4.78, 5) is 23.9. The zero-order chi connectivity index (χ0) is 17.0. The number of nitrogens with one attached hydrogen (secondary N) is 1. The highest BCUT2D eigenvalue weighted by molar-refractivity contribution is 7.20. The van der Waals surface area contributed by atoms with E-state index in [1.807, 2.05) is 13.1 Å². The lowest BCUT2D eigenvalue weighted by molar-refractivity contribution is 0.0937. The van der Waals surface area contributed by atoms with Crippen LogP contribution < -0.4 is 10.2 Å². The van der Waals surface area contributed by atoms with Gasteiger partial charge in [0.2, 0.25) is 16.0 Å². The number of anilines is 1. The highest BCUT2D eigenvalue weighted by Gasteiger charge is 2.34. The molecule has 130 valence electrons. The average molecular weight is 359 g/mol. The van der Waals surface area contributed by atoms with Crippen molar-refractivity contribution in [3.8, 4) is 0 Å². The van der Waals surface area contributed by atoms with Gasteiger partial charge in [0, 0.05) is 12.6 Å². The van der Waals surface area contributed by atoms with Gasteiger partial charge in [-0.3, -0.25) is 4.79 Å². The Morgan fingerprint density at radius 3 is 3.04 bits per heavy atom. The van der Waals surface area contributed by atoms with E-state index >= 15 is 0 Å². The van der Waals surface area contributed by atoms with Gasteiger partial charge in [-0.15, -0.1) is 5.10 Å². The van der Waals surface area contributed by atoms with Crippen LogP contribution in [0.3, 0.4) is 0 Å². The van der Waals surface area contributed by atoms with Gasteiger partial charge < -0.3 is 14.7 Å². The molecule has 9 nitrogen and oxygen atoms in total. The van der Waals surface area contributed by atoms with E-state index in [1.54, 1.807) is 15.9 Å². The van der Waals surface area contributed by atoms with Crippen molar-refractivity contribution in [3.63, 3.8) is 0 Å². The highest BCUT2D eigenvalue weighted by atomic mass is 32.1. The number of aryl methyl sites for hydroxylation is 1. The average Bonchev–Trinajstić information content (AvgIpc) is 3.01. The predicted octanol–water partition coefficient (Wildman–Crippen LogP) is 1.72. The van der Waals surface area contributed by atoms with Gasteiger partial charge in [-0.1, -0.05) is 16.5 Å². The van der Waals surface area contributed by atoms with Crippen molar-refractivity contribution >= 4 is 27.3 Å². The number of carbonyl (C=O) groups is 1. The normalized spacial score (nSPS) is 20.5. The molecule has 5 rings (SSSR count). The van der Waals surface area contributed by atoms with E-state index in [0.717, 1.165) is 48.0 Å². The number of aromatic nitrogens is 5. The van der Waals surface area contributed by atoms with Gasteiger partial charge in [0.1, 0.15) is 6.04 Å². The molecule has 1 saturated carbocycles. The molecule has 0 unspecified atom stereocenters. The zero-order valence-corrected chi connectivity index (χ0v) is 14.5. The second-order valence-electron chi connectivity index (χ2n) is 6.55. The Morgan fingerprint density at radius 2 is 2.24 bits per heavy atom. The van der Waals surface area contributed by atoms with Gasteiger partial charge in [0.05, 0.1) is 11.9 Å². The van der Waals surface area contributed by atoms with E-state index in [2.05, 4.69) is 30.4 Å². The van der Waals surface area contributed by atoms with Crippen molar-refractivity contribution in [2.75, 3.05) is 11.4 Å². The summed E-state index contributed by atoms with van der Waals surface area (Å²) in [5, 5.41) is 12.2. The van der Waals surface area contributed by atoms with Crippen LogP contribution in [-0.4, -0.2) is 43.2 Å². The van der Waals surface area contributed by atoms with Crippen LogP contribution in [0.2, 0.25) is 0 Å². The molecule has 25 heavy (non-hydrogen) atoms. The topological polar surface area (TPSA) is 101 Å². The summed E-state index contributed by atoms with van der Waals surface area (Å²) in [6.07, 6.45) is 5.87. The third-order valence-corrected chi connectivity index (χ3v) is 5.45. The number of carbonyl (C=O) groups excluding carboxylic acids is 1. The van der Waals surface area contributed by atoms with Gasteiger partial charge in [-0.25, -0.2) is 9.50 Å². The standard InChI is InChI=1S/C15H17N7O2S/c1-8-7-22-14(16-8)25-15(19-22)21-6-2-3-10(21)13-18-11(20-24-13)12(23)17-9-4-5-9/h7,9-10H,2-6H2,1H3,(H,17,23)/t10-/m0/s1. The SMILES string of the molecule is Cc1cn2nc(N3CCC[C@H]3c3nc(C(=O)NC4CC4)no3)sc2n1. The summed E-state index contributed by atoms with van der Waals surface area (Å²) in [5.74, 6) is 0.325. The van der Waals surface area contributed by atoms with Gasteiger partial charge in [0.15, 0.2) is 0 Å². The molecule has 4 heterocycles. The van der Waals surface area contributed by atoms with Crippen LogP contribution in [0.1, 0.15) is 53.9 Å². The molecule has 3 aromatic rings. The zero-order valence-electron chi connectivity index (χ0n) is 13.7. The summed E-state index contributed by atoms with van der Waals surface area (Å²) in [7, 11) is 0. The van der Waals surface area contributed by atoms with E-state index in [1.165, 1.54) is 0 Å². The molecule has 1 aliphatic carbocycles. The van der Waals surface area contributed by atoms with Gasteiger partial charge in [-0.05, 0) is 32.6 Å². The quantitative estimate of drug-likeness (QED) is 0.757. The maximum Gasteiger partial charge on any atom is 0.292 e. The molecule has 2 fully saturated rings. The summed E-state index contributed by atoms with van der Waals surface area (Å²) in [6.45, 7) is 2.82. The smallest absolute Gasteiger partial charge is 0.292 e. The number of imidazole rings is 1. The molecule has 0 aromatic carbocycles. The number of nitrogens with zero attached hydrogens (tertiary/aromatic N) is 6. The Labute approximate surface area is 147 Å². The molecule has 10 heteroatoms. The minimum atomic E-state index is -0.259. The van der Waals surface area contributed by atoms with Crippen molar-refractivity contribution in [1.82, 2.24) is 30.1 Å². The maximum absolute atomic E-state index is 12.1. The first-order valence-electron chi connectivity index (χ1n) is 8.41. The number of hydrogen-bond acceptors (Lipinski definition) is 8. The molecule has 3 aromatic heterocycles. The van der Waals surface area contributed by atoms with Gasteiger partial charge in [0.25, 0.3) is 11.7 Å². The van der Waals surface area contributed by atoms with E-state index in [-0.39, 0.29) is 23.8 Å². The number of hydrogen-bond donors (Lipinski definition) is 1. The summed E-state index contributed by atoms with van der Waals surface area (Å²) in [6, 6.07) is 0.222. The molecular formula is C15H17N7O2S. The monoisotopic (exact) mass is 359 g/mol. The molecule has 0 bridgehead atoms. The minimum Gasteiger partial charge on any atom is -0.346 e. The van der Waals surface area contributed by atoms with Gasteiger partial charge >= 0.3 is 0 Å². The van der Waals surface area contributed by atoms with Crippen molar-refractivity contribution in [3.05, 3.63) is 23.6 Å². The van der Waals surface area contributed by atoms with E-state index in [4.69, 9.17) is 4.52 Å². The van der Waals surface area contributed by atoms with Crippen LogP contribution in [0.5, 0.6) is 0 Å².